The zero-order chi connectivity index (χ0) is 4.24. The van der Waals surface area contributed by atoms with E-state index < -0.39 is 0 Å². The maximum absolute atomic E-state index is 3.67. The third-order valence-corrected chi connectivity index (χ3v) is 0.505. The smallest absolute Gasteiger partial charge is 0.0945 e. The van der Waals surface area contributed by atoms with E-state index in [1.165, 1.54) is 0 Å². The molecule has 0 radical (unpaired) electrons. The number of rotatable bonds is 0. The molecule has 0 aromatic heterocycles. The van der Waals surface area contributed by atoms with E-state index in [0.717, 1.165) is 6.54 Å². The predicted octanol–water partition coefficient (Wildman–Crippen LogP) is 0.688. The van der Waals surface area contributed by atoms with Crippen LogP contribution >= 0.6 is 0 Å². The van der Waals surface area contributed by atoms with Crippen molar-refractivity contribution in [3.8, 4) is 0 Å². The summed E-state index contributed by atoms with van der Waals surface area (Å²) >= 11 is 0. The van der Waals surface area contributed by atoms with Gasteiger partial charge in [0.2, 0.25) is 0 Å². The molecule has 0 amide bonds. The summed E-state index contributed by atoms with van der Waals surface area (Å²) in [5, 5.41) is 0. The highest BCUT2D eigenvalue weighted by atomic mass is 14.8. The van der Waals surface area contributed by atoms with Gasteiger partial charge in [0.15, 0.2) is 0 Å². The molecule has 0 unspecified atom stereocenters. The Hall–Kier alpha value is -0.880. The monoisotopic (exact) mass is 80.0 g/mol. The fourth-order valence-electron chi connectivity index (χ4n) is 0.268. The van der Waals surface area contributed by atoms with Crippen LogP contribution in [0.4, 0.5) is 0 Å². The second-order valence-electron chi connectivity index (χ2n) is 0.955. The van der Waals surface area contributed by atoms with Gasteiger partial charge in [-0.25, -0.2) is 4.99 Å². The minimum absolute atomic E-state index is 0.740. The molecule has 1 aliphatic heterocycles. The Balaban J connectivity index is 2.78. The molecule has 1 aliphatic rings. The molecule has 0 saturated heterocycles. The van der Waals surface area contributed by atoms with E-state index in [1.807, 2.05) is 6.08 Å². The third kappa shape index (κ3) is 0.535. The molecule has 0 bridgehead atoms. The van der Waals surface area contributed by atoms with Gasteiger partial charge < -0.3 is 0 Å². The van der Waals surface area contributed by atoms with Crippen LogP contribution in [-0.4, -0.2) is 12.6 Å². The first-order valence-corrected chi connectivity index (χ1v) is 1.76. The molecule has 1 heterocycles. The minimum Gasteiger partial charge on any atom is -0.221 e. The zero-order valence-electron chi connectivity index (χ0n) is 3.26. The van der Waals surface area contributed by atoms with E-state index in [4.69, 9.17) is 0 Å². The average molecular weight is 80.1 g/mol. The average Bonchev–Trinajstić information content (AvgIpc) is 1.72. The van der Waals surface area contributed by atoms with Crippen molar-refractivity contribution in [3.63, 3.8) is 0 Å². The van der Waals surface area contributed by atoms with Gasteiger partial charge in [0.25, 0.3) is 0 Å². The van der Waals surface area contributed by atoms with Gasteiger partial charge >= 0.3 is 0 Å². The van der Waals surface area contributed by atoms with Crippen molar-refractivity contribution in [1.82, 2.24) is 0 Å². The van der Waals surface area contributed by atoms with Gasteiger partial charge in [0.05, 0.1) is 12.6 Å². The van der Waals surface area contributed by atoms with Crippen molar-refractivity contribution in [2.75, 3.05) is 6.54 Å². The van der Waals surface area contributed by atoms with Gasteiger partial charge in [-0.05, 0) is 6.08 Å². The Kier molecular flexibility index (Phi) is 0.845. The Morgan fingerprint density at radius 2 is 2.67 bits per heavy atom. The second-order valence-corrected chi connectivity index (χ2v) is 0.955. The topological polar surface area (TPSA) is 24.7 Å². The molecule has 0 fully saturated rings. The molecule has 0 N–H and O–H groups in total. The largest absolute Gasteiger partial charge is 0.221 e. The van der Waals surface area contributed by atoms with Crippen molar-refractivity contribution >= 4 is 6.01 Å². The lowest BCUT2D eigenvalue weighted by Crippen LogP contribution is -1.72. The summed E-state index contributed by atoms with van der Waals surface area (Å²) in [6.07, 6.45) is 3.56. The third-order valence-electron chi connectivity index (χ3n) is 0.505. The summed E-state index contributed by atoms with van der Waals surface area (Å²) < 4.78 is 0. The van der Waals surface area contributed by atoms with Gasteiger partial charge in [-0.1, -0.05) is 0 Å². The lowest BCUT2D eigenvalue weighted by Gasteiger charge is -1.77. The molecular formula is C4H4N2. The molecule has 0 aliphatic carbocycles. The fourth-order valence-corrected chi connectivity index (χ4v) is 0.268. The quantitative estimate of drug-likeness (QED) is 0.409. The number of aliphatic imine (C=N–C) groups is 2. The Labute approximate surface area is 35.9 Å². The van der Waals surface area contributed by atoms with Crippen LogP contribution in [0.3, 0.4) is 0 Å². The van der Waals surface area contributed by atoms with Crippen LogP contribution in [0.1, 0.15) is 0 Å². The summed E-state index contributed by atoms with van der Waals surface area (Å²) in [7, 11) is 0. The van der Waals surface area contributed by atoms with Crippen molar-refractivity contribution in [1.29, 1.82) is 0 Å². The molecule has 2 nitrogen and oxygen atoms in total. The molecule has 1 rings (SSSR count). The number of hydrogen-bond donors (Lipinski definition) is 0. The zero-order valence-corrected chi connectivity index (χ0v) is 3.26. The van der Waals surface area contributed by atoms with Crippen LogP contribution in [0, 0.1) is 0 Å². The maximum atomic E-state index is 3.67. The highest BCUT2D eigenvalue weighted by molar-refractivity contribution is 5.44. The van der Waals surface area contributed by atoms with Gasteiger partial charge in [-0.15, -0.1) is 0 Å². The van der Waals surface area contributed by atoms with Crippen molar-refractivity contribution in [2.24, 2.45) is 9.98 Å². The molecule has 0 spiro atoms. The molecular weight excluding hydrogens is 76.1 g/mol. The van der Waals surface area contributed by atoms with Crippen molar-refractivity contribution in [3.05, 3.63) is 12.3 Å². The van der Waals surface area contributed by atoms with Crippen LogP contribution < -0.4 is 0 Å². The Morgan fingerprint density at radius 3 is 2.83 bits per heavy atom. The first-order chi connectivity index (χ1) is 3.00. The van der Waals surface area contributed by atoms with E-state index in [9.17, 15) is 0 Å². The lowest BCUT2D eigenvalue weighted by atomic mass is 10.6. The molecule has 0 saturated carbocycles. The molecule has 0 atom stereocenters. The van der Waals surface area contributed by atoms with Crippen molar-refractivity contribution < 1.29 is 0 Å². The molecule has 2 heteroatoms. The maximum Gasteiger partial charge on any atom is 0.0945 e. The second kappa shape index (κ2) is 1.53. The first-order valence-electron chi connectivity index (χ1n) is 1.76. The Morgan fingerprint density at radius 1 is 1.67 bits per heavy atom. The van der Waals surface area contributed by atoms with Gasteiger partial charge in [0, 0.05) is 6.20 Å². The van der Waals surface area contributed by atoms with Crippen molar-refractivity contribution in [2.45, 2.75) is 0 Å². The molecule has 30 valence electrons. The summed E-state index contributed by atoms with van der Waals surface area (Å²) in [6.45, 7) is 0.740. The molecule has 0 aromatic carbocycles. The summed E-state index contributed by atoms with van der Waals surface area (Å²) in [5.74, 6) is 0. The van der Waals surface area contributed by atoms with Crippen LogP contribution in [0.15, 0.2) is 22.3 Å². The standard InChI is InChI=1S/C4H4N2/c1-2-5-4-6-3-1/h1-2H,3H2. The highest BCUT2D eigenvalue weighted by Crippen LogP contribution is 1.78. The summed E-state index contributed by atoms with van der Waals surface area (Å²) in [6, 6.07) is 2.45. The van der Waals surface area contributed by atoms with Crippen LogP contribution in [-0.2, 0) is 0 Å². The first kappa shape index (κ1) is 3.32. The van der Waals surface area contributed by atoms with Crippen LogP contribution in [0.25, 0.3) is 0 Å². The van der Waals surface area contributed by atoms with E-state index in [0.29, 0.717) is 0 Å². The van der Waals surface area contributed by atoms with E-state index in [2.05, 4.69) is 16.0 Å². The molecule has 6 heavy (non-hydrogen) atoms. The minimum atomic E-state index is 0.740. The molecule has 0 aromatic rings. The van der Waals surface area contributed by atoms with E-state index in [1.54, 1.807) is 6.20 Å². The van der Waals surface area contributed by atoms with E-state index >= 15 is 0 Å². The normalized spacial score (nSPS) is 16.0. The van der Waals surface area contributed by atoms with E-state index in [-0.39, 0.29) is 0 Å². The predicted molar refractivity (Wildman–Crippen MR) is 23.9 cm³/mol. The SMILES string of the molecule is C1=NC=CCN=1. The van der Waals surface area contributed by atoms with Gasteiger partial charge in [0.1, 0.15) is 0 Å². The summed E-state index contributed by atoms with van der Waals surface area (Å²) in [5.41, 5.74) is 0. The van der Waals surface area contributed by atoms with Crippen LogP contribution in [0.2, 0.25) is 0 Å². The Bertz CT molecular complexity index is 118. The van der Waals surface area contributed by atoms with Gasteiger partial charge in [-0.2, -0.15) is 4.99 Å². The lowest BCUT2D eigenvalue weighted by molar-refractivity contribution is 1.22. The number of nitrogens with zero attached hydrogens (tertiary/aromatic N) is 2. The summed E-state index contributed by atoms with van der Waals surface area (Å²) in [4.78, 5) is 7.25. The highest BCUT2D eigenvalue weighted by Gasteiger charge is 1.70. The fraction of sp³-hybridized carbons (Fsp3) is 0.250. The van der Waals surface area contributed by atoms with Gasteiger partial charge in [-0.3, -0.25) is 0 Å². The number of hydrogen-bond acceptors (Lipinski definition) is 2. The van der Waals surface area contributed by atoms with Crippen LogP contribution in [0.5, 0.6) is 0 Å².